The highest BCUT2D eigenvalue weighted by Gasteiger charge is 2.21. The number of aromatic nitrogens is 1. The fourth-order valence-electron chi connectivity index (χ4n) is 2.10. The highest BCUT2D eigenvalue weighted by atomic mass is 32.1. The SMILES string of the molecule is Cc1nc(C)c(C(=O)CC2CCOCC2)s1. The number of nitrogens with zero attached hydrogens (tertiary/aromatic N) is 1. The molecule has 2 rings (SSSR count). The number of hydrogen-bond acceptors (Lipinski definition) is 4. The summed E-state index contributed by atoms with van der Waals surface area (Å²) < 4.78 is 5.29. The van der Waals surface area contributed by atoms with Crippen LogP contribution in [-0.4, -0.2) is 24.0 Å². The van der Waals surface area contributed by atoms with Gasteiger partial charge in [-0.3, -0.25) is 4.79 Å². The van der Waals surface area contributed by atoms with Gasteiger partial charge in [-0.1, -0.05) is 0 Å². The molecule has 1 aromatic rings. The molecule has 0 aliphatic carbocycles. The Hall–Kier alpha value is -0.740. The van der Waals surface area contributed by atoms with Gasteiger partial charge in [0.05, 0.1) is 15.6 Å². The van der Waals surface area contributed by atoms with Gasteiger partial charge in [-0.15, -0.1) is 11.3 Å². The topological polar surface area (TPSA) is 39.2 Å². The summed E-state index contributed by atoms with van der Waals surface area (Å²) in [5.41, 5.74) is 0.888. The van der Waals surface area contributed by atoms with Crippen molar-refractivity contribution in [2.24, 2.45) is 5.92 Å². The molecule has 0 aromatic carbocycles. The Morgan fingerprint density at radius 3 is 2.69 bits per heavy atom. The summed E-state index contributed by atoms with van der Waals surface area (Å²) in [5, 5.41) is 0.979. The molecular weight excluding hydrogens is 222 g/mol. The first kappa shape index (κ1) is 11.7. The van der Waals surface area contributed by atoms with Gasteiger partial charge in [-0.2, -0.15) is 0 Å². The van der Waals surface area contributed by atoms with Gasteiger partial charge in [0.2, 0.25) is 0 Å². The molecular formula is C12H17NO2S. The molecule has 0 saturated carbocycles. The molecule has 0 amide bonds. The third kappa shape index (κ3) is 2.68. The summed E-state index contributed by atoms with van der Waals surface area (Å²) in [6, 6.07) is 0. The summed E-state index contributed by atoms with van der Waals surface area (Å²) in [5.74, 6) is 0.762. The average Bonchev–Trinajstić information content (AvgIpc) is 2.59. The van der Waals surface area contributed by atoms with E-state index in [0.29, 0.717) is 12.3 Å². The quantitative estimate of drug-likeness (QED) is 0.761. The van der Waals surface area contributed by atoms with Crippen molar-refractivity contribution in [3.8, 4) is 0 Å². The molecule has 0 atom stereocenters. The van der Waals surface area contributed by atoms with Crippen LogP contribution in [0.15, 0.2) is 0 Å². The van der Waals surface area contributed by atoms with Crippen LogP contribution in [0.3, 0.4) is 0 Å². The minimum Gasteiger partial charge on any atom is -0.381 e. The standard InChI is InChI=1S/C12H17NO2S/c1-8-12(16-9(2)13-8)11(14)7-10-3-5-15-6-4-10/h10H,3-7H2,1-2H3. The van der Waals surface area contributed by atoms with Crippen molar-refractivity contribution in [3.05, 3.63) is 15.6 Å². The van der Waals surface area contributed by atoms with E-state index in [-0.39, 0.29) is 5.78 Å². The van der Waals surface area contributed by atoms with Crippen molar-refractivity contribution in [1.82, 2.24) is 4.98 Å². The molecule has 1 saturated heterocycles. The lowest BCUT2D eigenvalue weighted by Gasteiger charge is -2.20. The second kappa shape index (κ2) is 5.06. The van der Waals surface area contributed by atoms with Crippen LogP contribution in [0.2, 0.25) is 0 Å². The van der Waals surface area contributed by atoms with E-state index in [1.54, 1.807) is 0 Å². The lowest BCUT2D eigenvalue weighted by molar-refractivity contribution is 0.0602. The summed E-state index contributed by atoms with van der Waals surface area (Å²) in [6.45, 7) is 5.47. The smallest absolute Gasteiger partial charge is 0.174 e. The largest absolute Gasteiger partial charge is 0.381 e. The number of carbonyl (C=O) groups excluding carboxylic acids is 1. The third-order valence-electron chi connectivity index (χ3n) is 2.97. The van der Waals surface area contributed by atoms with Crippen LogP contribution in [0.1, 0.15) is 39.6 Å². The van der Waals surface area contributed by atoms with Crippen LogP contribution >= 0.6 is 11.3 Å². The monoisotopic (exact) mass is 239 g/mol. The normalized spacial score (nSPS) is 17.6. The number of thiazole rings is 1. The Bertz CT molecular complexity index is 380. The van der Waals surface area contributed by atoms with Gasteiger partial charge in [0.15, 0.2) is 5.78 Å². The minimum absolute atomic E-state index is 0.259. The maximum absolute atomic E-state index is 12.1. The van der Waals surface area contributed by atoms with Crippen LogP contribution in [0.5, 0.6) is 0 Å². The molecule has 0 unspecified atom stereocenters. The van der Waals surface area contributed by atoms with Gasteiger partial charge in [0.25, 0.3) is 0 Å². The fourth-order valence-corrected chi connectivity index (χ4v) is 2.96. The van der Waals surface area contributed by atoms with Gasteiger partial charge in [0, 0.05) is 19.6 Å². The number of hydrogen-bond donors (Lipinski definition) is 0. The zero-order chi connectivity index (χ0) is 11.5. The molecule has 0 spiro atoms. The predicted molar refractivity (Wildman–Crippen MR) is 64.1 cm³/mol. The molecule has 3 nitrogen and oxygen atoms in total. The number of ketones is 1. The molecule has 88 valence electrons. The molecule has 1 aromatic heterocycles. The third-order valence-corrected chi connectivity index (χ3v) is 4.09. The zero-order valence-corrected chi connectivity index (χ0v) is 10.6. The first-order chi connectivity index (χ1) is 7.66. The molecule has 1 fully saturated rings. The number of Topliss-reactive ketones (excluding diaryl/α,β-unsaturated/α-hetero) is 1. The van der Waals surface area contributed by atoms with E-state index in [9.17, 15) is 4.79 Å². The second-order valence-electron chi connectivity index (χ2n) is 4.33. The average molecular weight is 239 g/mol. The Morgan fingerprint density at radius 2 is 2.12 bits per heavy atom. The molecule has 0 radical (unpaired) electrons. The highest BCUT2D eigenvalue weighted by Crippen LogP contribution is 2.24. The minimum atomic E-state index is 0.259. The number of aryl methyl sites for hydroxylation is 2. The highest BCUT2D eigenvalue weighted by molar-refractivity contribution is 7.13. The number of carbonyl (C=O) groups is 1. The molecule has 16 heavy (non-hydrogen) atoms. The van der Waals surface area contributed by atoms with Gasteiger partial charge in [0.1, 0.15) is 0 Å². The Kier molecular flexibility index (Phi) is 3.71. The van der Waals surface area contributed by atoms with Crippen molar-refractivity contribution in [2.45, 2.75) is 33.1 Å². The summed E-state index contributed by atoms with van der Waals surface area (Å²) in [7, 11) is 0. The summed E-state index contributed by atoms with van der Waals surface area (Å²) >= 11 is 1.52. The molecule has 0 bridgehead atoms. The van der Waals surface area contributed by atoms with Crippen molar-refractivity contribution >= 4 is 17.1 Å². The van der Waals surface area contributed by atoms with E-state index in [4.69, 9.17) is 4.74 Å². The first-order valence-electron chi connectivity index (χ1n) is 5.72. The zero-order valence-electron chi connectivity index (χ0n) is 9.78. The fraction of sp³-hybridized carbons (Fsp3) is 0.667. The predicted octanol–water partition coefficient (Wildman–Crippen LogP) is 2.76. The van der Waals surface area contributed by atoms with E-state index in [1.807, 2.05) is 13.8 Å². The van der Waals surface area contributed by atoms with Gasteiger partial charge >= 0.3 is 0 Å². The van der Waals surface area contributed by atoms with Gasteiger partial charge < -0.3 is 4.74 Å². The van der Waals surface area contributed by atoms with Crippen LogP contribution in [0.4, 0.5) is 0 Å². The van der Waals surface area contributed by atoms with Crippen LogP contribution in [0, 0.1) is 19.8 Å². The van der Waals surface area contributed by atoms with Crippen molar-refractivity contribution in [1.29, 1.82) is 0 Å². The molecule has 2 heterocycles. The van der Waals surface area contributed by atoms with Crippen molar-refractivity contribution in [2.75, 3.05) is 13.2 Å². The molecule has 0 N–H and O–H groups in total. The molecule has 4 heteroatoms. The summed E-state index contributed by atoms with van der Waals surface area (Å²) in [4.78, 5) is 17.2. The molecule has 1 aliphatic rings. The first-order valence-corrected chi connectivity index (χ1v) is 6.53. The van der Waals surface area contributed by atoms with Crippen molar-refractivity contribution in [3.63, 3.8) is 0 Å². The lowest BCUT2D eigenvalue weighted by atomic mass is 9.94. The Morgan fingerprint density at radius 1 is 1.44 bits per heavy atom. The van der Waals surface area contributed by atoms with Crippen LogP contribution in [0.25, 0.3) is 0 Å². The van der Waals surface area contributed by atoms with E-state index >= 15 is 0 Å². The molecule has 1 aliphatic heterocycles. The van der Waals surface area contributed by atoms with E-state index in [2.05, 4.69) is 4.98 Å². The Labute approximate surface area is 99.8 Å². The lowest BCUT2D eigenvalue weighted by Crippen LogP contribution is -2.18. The maximum atomic E-state index is 12.1. The summed E-state index contributed by atoms with van der Waals surface area (Å²) in [6.07, 6.45) is 2.69. The second-order valence-corrected chi connectivity index (χ2v) is 5.53. The van der Waals surface area contributed by atoms with Gasteiger partial charge in [-0.05, 0) is 32.6 Å². The number of ether oxygens (including phenoxy) is 1. The van der Waals surface area contributed by atoms with Gasteiger partial charge in [-0.25, -0.2) is 4.98 Å². The van der Waals surface area contributed by atoms with Crippen LogP contribution in [-0.2, 0) is 4.74 Å². The van der Waals surface area contributed by atoms with Crippen molar-refractivity contribution < 1.29 is 9.53 Å². The van der Waals surface area contributed by atoms with E-state index in [0.717, 1.165) is 41.6 Å². The number of rotatable bonds is 3. The maximum Gasteiger partial charge on any atom is 0.174 e. The Balaban J connectivity index is 1.99. The van der Waals surface area contributed by atoms with E-state index in [1.165, 1.54) is 11.3 Å². The van der Waals surface area contributed by atoms with Crippen LogP contribution < -0.4 is 0 Å². The van der Waals surface area contributed by atoms with E-state index < -0.39 is 0 Å².